The normalized spacial score (nSPS) is 10.8. The highest BCUT2D eigenvalue weighted by Crippen LogP contribution is 2.19. The van der Waals surface area contributed by atoms with Crippen LogP contribution in [0.5, 0.6) is 5.75 Å². The van der Waals surface area contributed by atoms with Crippen LogP contribution in [0.4, 0.5) is 0 Å². The number of aromatic nitrogens is 1. The van der Waals surface area contributed by atoms with Crippen molar-refractivity contribution in [3.63, 3.8) is 0 Å². The third kappa shape index (κ3) is 5.48. The van der Waals surface area contributed by atoms with Crippen LogP contribution in [0, 0.1) is 13.8 Å². The molecule has 0 radical (unpaired) electrons. The van der Waals surface area contributed by atoms with Gasteiger partial charge in [0.05, 0.1) is 0 Å². The lowest BCUT2D eigenvalue weighted by molar-refractivity contribution is 0.305. The Morgan fingerprint density at radius 2 is 1.95 bits per heavy atom. The molecule has 2 rings (SSSR count). The number of ether oxygens (including phenoxy) is 1. The van der Waals surface area contributed by atoms with E-state index < -0.39 is 0 Å². The van der Waals surface area contributed by atoms with Crippen LogP contribution in [0.15, 0.2) is 24.4 Å². The highest BCUT2D eigenvalue weighted by Gasteiger charge is 2.04. The number of nitrogens with one attached hydrogen (secondary N) is 1. The summed E-state index contributed by atoms with van der Waals surface area (Å²) in [5.41, 5.74) is 2.45. The molecule has 1 aromatic carbocycles. The Bertz CT molecular complexity index is 545. The van der Waals surface area contributed by atoms with Gasteiger partial charge in [0.25, 0.3) is 0 Å². The number of nitrogens with zero attached hydrogens (tertiary/aromatic N) is 1. The van der Waals surface area contributed by atoms with Gasteiger partial charge in [0.2, 0.25) is 0 Å². The van der Waals surface area contributed by atoms with Crippen molar-refractivity contribution in [1.29, 1.82) is 0 Å². The summed E-state index contributed by atoms with van der Waals surface area (Å²) in [6.45, 7) is 8.90. The Morgan fingerprint density at radius 3 is 2.67 bits per heavy atom. The molecule has 0 aliphatic rings. The molecule has 0 fully saturated rings. The summed E-state index contributed by atoms with van der Waals surface area (Å²) >= 11 is 1.72. The van der Waals surface area contributed by atoms with Crippen molar-refractivity contribution < 1.29 is 4.74 Å². The van der Waals surface area contributed by atoms with Gasteiger partial charge in [-0.15, -0.1) is 11.3 Å². The lowest BCUT2D eigenvalue weighted by atomic mass is 10.1. The van der Waals surface area contributed by atoms with E-state index in [2.05, 4.69) is 49.3 Å². The lowest BCUT2D eigenvalue weighted by Gasteiger charge is -2.06. The minimum absolute atomic E-state index is 0.544. The number of rotatable bonds is 8. The van der Waals surface area contributed by atoms with Crippen LogP contribution in [0.3, 0.4) is 0 Å². The maximum absolute atomic E-state index is 5.84. The molecule has 1 aromatic heterocycles. The third-order valence-electron chi connectivity index (χ3n) is 3.17. The van der Waals surface area contributed by atoms with Crippen LogP contribution < -0.4 is 10.1 Å². The molecule has 114 valence electrons. The van der Waals surface area contributed by atoms with E-state index in [-0.39, 0.29) is 0 Å². The Morgan fingerprint density at radius 1 is 1.19 bits per heavy atom. The smallest absolute Gasteiger partial charge is 0.140 e. The van der Waals surface area contributed by atoms with Gasteiger partial charge in [0.15, 0.2) is 0 Å². The molecule has 0 amide bonds. The molecule has 0 unspecified atom stereocenters. The molecule has 0 saturated heterocycles. The van der Waals surface area contributed by atoms with Crippen LogP contribution in [0.2, 0.25) is 0 Å². The maximum atomic E-state index is 5.84. The minimum Gasteiger partial charge on any atom is -0.486 e. The van der Waals surface area contributed by atoms with E-state index in [9.17, 15) is 0 Å². The zero-order valence-electron chi connectivity index (χ0n) is 13.1. The number of hydrogen-bond donors (Lipinski definition) is 1. The van der Waals surface area contributed by atoms with Crippen LogP contribution >= 0.6 is 11.3 Å². The Kier molecular flexibility index (Phi) is 6.21. The van der Waals surface area contributed by atoms with Gasteiger partial charge < -0.3 is 10.1 Å². The Hall–Kier alpha value is -1.39. The maximum Gasteiger partial charge on any atom is 0.140 e. The van der Waals surface area contributed by atoms with Gasteiger partial charge in [-0.1, -0.05) is 19.4 Å². The standard InChI is InChI=1S/C17H24N2OS/c1-4-5-6-18-10-16-11-19-17(21-16)12-20-15-8-13(2)7-14(3)9-15/h7-9,11,18H,4-6,10,12H2,1-3H3. The minimum atomic E-state index is 0.544. The molecular formula is C17H24N2OS. The van der Waals surface area contributed by atoms with Crippen molar-refractivity contribution in [2.45, 2.75) is 46.8 Å². The molecule has 0 saturated carbocycles. The second kappa shape index (κ2) is 8.15. The Labute approximate surface area is 131 Å². The summed E-state index contributed by atoms with van der Waals surface area (Å²) in [5, 5.41) is 4.46. The monoisotopic (exact) mass is 304 g/mol. The number of hydrogen-bond acceptors (Lipinski definition) is 4. The molecule has 1 heterocycles. The predicted molar refractivity (Wildman–Crippen MR) is 89.0 cm³/mol. The molecule has 1 N–H and O–H groups in total. The van der Waals surface area contributed by atoms with E-state index in [1.807, 2.05) is 6.20 Å². The fourth-order valence-corrected chi connectivity index (χ4v) is 2.98. The summed E-state index contributed by atoms with van der Waals surface area (Å²) in [6, 6.07) is 6.28. The first kappa shape index (κ1) is 16.0. The van der Waals surface area contributed by atoms with Crippen LogP contribution in [0.25, 0.3) is 0 Å². The summed E-state index contributed by atoms with van der Waals surface area (Å²) in [7, 11) is 0. The first-order valence-electron chi connectivity index (χ1n) is 7.52. The predicted octanol–water partition coefficient (Wildman–Crippen LogP) is 4.23. The lowest BCUT2D eigenvalue weighted by Crippen LogP contribution is -2.13. The molecule has 21 heavy (non-hydrogen) atoms. The van der Waals surface area contributed by atoms with Gasteiger partial charge in [-0.25, -0.2) is 4.98 Å². The number of unbranched alkanes of at least 4 members (excludes halogenated alkanes) is 1. The van der Waals surface area contributed by atoms with E-state index in [0.29, 0.717) is 6.61 Å². The van der Waals surface area contributed by atoms with Crippen molar-refractivity contribution >= 4 is 11.3 Å². The van der Waals surface area contributed by atoms with Crippen LogP contribution in [0.1, 0.15) is 40.8 Å². The SMILES string of the molecule is CCCCNCc1cnc(COc2cc(C)cc(C)c2)s1. The van der Waals surface area contributed by atoms with Crippen molar-refractivity contribution in [3.8, 4) is 5.75 Å². The van der Waals surface area contributed by atoms with Crippen LogP contribution in [-0.4, -0.2) is 11.5 Å². The topological polar surface area (TPSA) is 34.2 Å². The van der Waals surface area contributed by atoms with Gasteiger partial charge in [0.1, 0.15) is 17.4 Å². The molecule has 0 spiro atoms. The van der Waals surface area contributed by atoms with E-state index in [1.54, 1.807) is 11.3 Å². The summed E-state index contributed by atoms with van der Waals surface area (Å²) in [5.74, 6) is 0.922. The first-order valence-corrected chi connectivity index (χ1v) is 8.34. The third-order valence-corrected chi connectivity index (χ3v) is 4.14. The molecule has 4 heteroatoms. The second-order valence-corrected chi connectivity index (χ2v) is 6.56. The fraction of sp³-hybridized carbons (Fsp3) is 0.471. The zero-order chi connectivity index (χ0) is 15.1. The summed E-state index contributed by atoms with van der Waals surface area (Å²) in [6.07, 6.45) is 4.40. The average molecular weight is 304 g/mol. The van der Waals surface area contributed by atoms with E-state index >= 15 is 0 Å². The van der Waals surface area contributed by atoms with E-state index in [4.69, 9.17) is 4.74 Å². The average Bonchev–Trinajstić information content (AvgIpc) is 2.88. The van der Waals surface area contributed by atoms with Gasteiger partial charge in [-0.2, -0.15) is 0 Å². The van der Waals surface area contributed by atoms with E-state index in [1.165, 1.54) is 28.8 Å². The zero-order valence-corrected chi connectivity index (χ0v) is 13.9. The van der Waals surface area contributed by atoms with Gasteiger partial charge in [-0.3, -0.25) is 0 Å². The number of thiazole rings is 1. The number of benzene rings is 1. The first-order chi connectivity index (χ1) is 10.2. The quantitative estimate of drug-likeness (QED) is 0.741. The summed E-state index contributed by atoms with van der Waals surface area (Å²) in [4.78, 5) is 5.70. The van der Waals surface area contributed by atoms with Crippen molar-refractivity contribution in [1.82, 2.24) is 10.3 Å². The highest BCUT2D eigenvalue weighted by atomic mass is 32.1. The van der Waals surface area contributed by atoms with Crippen LogP contribution in [-0.2, 0) is 13.2 Å². The van der Waals surface area contributed by atoms with Crippen molar-refractivity contribution in [2.75, 3.05) is 6.54 Å². The molecule has 0 aliphatic carbocycles. The molecule has 0 bridgehead atoms. The van der Waals surface area contributed by atoms with Gasteiger partial charge in [0, 0.05) is 17.6 Å². The second-order valence-electron chi connectivity index (χ2n) is 5.36. The molecule has 0 atom stereocenters. The van der Waals surface area contributed by atoms with E-state index in [0.717, 1.165) is 23.8 Å². The largest absolute Gasteiger partial charge is 0.486 e. The Balaban J connectivity index is 1.82. The van der Waals surface area contributed by atoms with Gasteiger partial charge >= 0.3 is 0 Å². The molecule has 0 aliphatic heterocycles. The number of aryl methyl sites for hydroxylation is 2. The fourth-order valence-electron chi connectivity index (χ4n) is 2.17. The molecule has 2 aromatic rings. The van der Waals surface area contributed by atoms with Gasteiger partial charge in [-0.05, 0) is 50.1 Å². The molecule has 3 nitrogen and oxygen atoms in total. The van der Waals surface area contributed by atoms with Crippen molar-refractivity contribution in [2.24, 2.45) is 0 Å². The van der Waals surface area contributed by atoms with Crippen molar-refractivity contribution in [3.05, 3.63) is 45.4 Å². The summed E-state index contributed by atoms with van der Waals surface area (Å²) < 4.78 is 5.84. The molecular weight excluding hydrogens is 280 g/mol. The highest BCUT2D eigenvalue weighted by molar-refractivity contribution is 7.11.